The first-order valence-corrected chi connectivity index (χ1v) is 6.98. The SMILES string of the molecule is CCCC1CCCN(c2nc(N)c(F)cc2F)CC1. The average Bonchev–Trinajstić information content (AvgIpc) is 2.60. The molecular weight excluding hydrogens is 248 g/mol. The van der Waals surface area contributed by atoms with Crippen molar-refractivity contribution < 1.29 is 8.78 Å². The van der Waals surface area contributed by atoms with Crippen molar-refractivity contribution in [1.82, 2.24) is 4.98 Å². The van der Waals surface area contributed by atoms with Gasteiger partial charge >= 0.3 is 0 Å². The molecule has 1 aromatic rings. The molecule has 2 rings (SSSR count). The summed E-state index contributed by atoms with van der Waals surface area (Å²) in [7, 11) is 0. The number of hydrogen-bond acceptors (Lipinski definition) is 3. The van der Waals surface area contributed by atoms with Gasteiger partial charge in [-0.25, -0.2) is 13.8 Å². The van der Waals surface area contributed by atoms with E-state index in [9.17, 15) is 8.78 Å². The highest BCUT2D eigenvalue weighted by Crippen LogP contribution is 2.27. The molecular formula is C14H21F2N3. The largest absolute Gasteiger partial charge is 0.381 e. The van der Waals surface area contributed by atoms with Crippen molar-refractivity contribution in [1.29, 1.82) is 0 Å². The van der Waals surface area contributed by atoms with Crippen LogP contribution < -0.4 is 10.6 Å². The monoisotopic (exact) mass is 269 g/mol. The molecule has 1 aliphatic rings. The van der Waals surface area contributed by atoms with Crippen LogP contribution in [-0.2, 0) is 0 Å². The Morgan fingerprint density at radius 2 is 2.11 bits per heavy atom. The van der Waals surface area contributed by atoms with E-state index in [1.54, 1.807) is 0 Å². The number of nitrogens with zero attached hydrogens (tertiary/aromatic N) is 2. The van der Waals surface area contributed by atoms with Gasteiger partial charge in [-0.3, -0.25) is 0 Å². The highest BCUT2D eigenvalue weighted by atomic mass is 19.1. The molecule has 106 valence electrons. The standard InChI is InChI=1S/C14H21F2N3/c1-2-4-10-5-3-7-19(8-6-10)14-12(16)9-11(15)13(17)18-14/h9-10H,2-8H2,1H3,(H2,17,18). The number of hydrogen-bond donors (Lipinski definition) is 1. The van der Waals surface area contributed by atoms with Crippen molar-refractivity contribution in [3.8, 4) is 0 Å². The molecule has 1 saturated heterocycles. The van der Waals surface area contributed by atoms with E-state index in [1.807, 2.05) is 4.90 Å². The zero-order valence-corrected chi connectivity index (χ0v) is 11.3. The molecule has 1 atom stereocenters. The van der Waals surface area contributed by atoms with Crippen LogP contribution in [0, 0.1) is 17.6 Å². The molecule has 2 N–H and O–H groups in total. The van der Waals surface area contributed by atoms with Crippen molar-refractivity contribution in [3.05, 3.63) is 17.7 Å². The summed E-state index contributed by atoms with van der Waals surface area (Å²) in [6, 6.07) is 0.825. The molecule has 5 heteroatoms. The van der Waals surface area contributed by atoms with E-state index in [-0.39, 0.29) is 11.6 Å². The summed E-state index contributed by atoms with van der Waals surface area (Å²) >= 11 is 0. The van der Waals surface area contributed by atoms with Crippen molar-refractivity contribution in [2.24, 2.45) is 5.92 Å². The first-order chi connectivity index (χ1) is 9.11. The Labute approximate surface area is 112 Å². The Morgan fingerprint density at radius 1 is 1.32 bits per heavy atom. The van der Waals surface area contributed by atoms with Crippen LogP contribution in [0.2, 0.25) is 0 Å². The van der Waals surface area contributed by atoms with E-state index in [2.05, 4.69) is 11.9 Å². The molecule has 0 spiro atoms. The zero-order valence-electron chi connectivity index (χ0n) is 11.3. The first kappa shape index (κ1) is 14.0. The number of nitrogens with two attached hydrogens (primary N) is 1. The molecule has 0 aromatic carbocycles. The van der Waals surface area contributed by atoms with Crippen molar-refractivity contribution in [3.63, 3.8) is 0 Å². The van der Waals surface area contributed by atoms with Crippen molar-refractivity contribution in [2.45, 2.75) is 39.0 Å². The van der Waals surface area contributed by atoms with Gasteiger partial charge in [-0.2, -0.15) is 0 Å². The van der Waals surface area contributed by atoms with E-state index in [0.29, 0.717) is 5.92 Å². The predicted octanol–water partition coefficient (Wildman–Crippen LogP) is 3.35. The zero-order chi connectivity index (χ0) is 13.8. The molecule has 0 amide bonds. The van der Waals surface area contributed by atoms with E-state index in [4.69, 9.17) is 5.73 Å². The average molecular weight is 269 g/mol. The smallest absolute Gasteiger partial charge is 0.168 e. The molecule has 19 heavy (non-hydrogen) atoms. The Hall–Kier alpha value is -1.39. The normalized spacial score (nSPS) is 20.4. The molecule has 2 heterocycles. The van der Waals surface area contributed by atoms with Crippen LogP contribution in [0.15, 0.2) is 6.07 Å². The lowest BCUT2D eigenvalue weighted by atomic mass is 9.96. The maximum absolute atomic E-state index is 13.8. The lowest BCUT2D eigenvalue weighted by Gasteiger charge is -2.22. The number of nitrogen functional groups attached to an aromatic ring is 1. The minimum atomic E-state index is -0.792. The minimum absolute atomic E-state index is 0.191. The lowest BCUT2D eigenvalue weighted by molar-refractivity contribution is 0.435. The summed E-state index contributed by atoms with van der Waals surface area (Å²) in [6.07, 6.45) is 5.62. The Bertz CT molecular complexity index is 437. The number of anilines is 2. The maximum atomic E-state index is 13.8. The first-order valence-electron chi connectivity index (χ1n) is 6.98. The highest BCUT2D eigenvalue weighted by Gasteiger charge is 2.21. The lowest BCUT2D eigenvalue weighted by Crippen LogP contribution is -2.26. The quantitative estimate of drug-likeness (QED) is 0.915. The maximum Gasteiger partial charge on any atom is 0.168 e. The van der Waals surface area contributed by atoms with Gasteiger partial charge in [0.1, 0.15) is 0 Å². The van der Waals surface area contributed by atoms with Gasteiger partial charge in [-0.15, -0.1) is 0 Å². The molecule has 1 aliphatic heterocycles. The summed E-state index contributed by atoms with van der Waals surface area (Å²) in [5.41, 5.74) is 5.43. The van der Waals surface area contributed by atoms with Gasteiger partial charge in [0.15, 0.2) is 23.3 Å². The second-order valence-electron chi connectivity index (χ2n) is 5.23. The van der Waals surface area contributed by atoms with Crippen LogP contribution in [0.3, 0.4) is 0 Å². The minimum Gasteiger partial charge on any atom is -0.381 e. The van der Waals surface area contributed by atoms with E-state index in [0.717, 1.165) is 32.0 Å². The second kappa shape index (κ2) is 6.17. The van der Waals surface area contributed by atoms with Gasteiger partial charge in [0, 0.05) is 19.2 Å². The summed E-state index contributed by atoms with van der Waals surface area (Å²) < 4.78 is 26.9. The summed E-state index contributed by atoms with van der Waals surface area (Å²) in [6.45, 7) is 3.71. The van der Waals surface area contributed by atoms with Gasteiger partial charge in [0.05, 0.1) is 0 Å². The van der Waals surface area contributed by atoms with Gasteiger partial charge in [0.2, 0.25) is 0 Å². The number of halogens is 2. The molecule has 1 unspecified atom stereocenters. The van der Waals surface area contributed by atoms with E-state index in [1.165, 1.54) is 19.3 Å². The Balaban J connectivity index is 2.12. The predicted molar refractivity (Wildman–Crippen MR) is 73.0 cm³/mol. The van der Waals surface area contributed by atoms with Crippen LogP contribution in [0.25, 0.3) is 0 Å². The van der Waals surface area contributed by atoms with Crippen LogP contribution in [0.1, 0.15) is 39.0 Å². The summed E-state index contributed by atoms with van der Waals surface area (Å²) in [4.78, 5) is 5.75. The topological polar surface area (TPSA) is 42.2 Å². The fraction of sp³-hybridized carbons (Fsp3) is 0.643. The number of pyridine rings is 1. The second-order valence-corrected chi connectivity index (χ2v) is 5.23. The van der Waals surface area contributed by atoms with E-state index >= 15 is 0 Å². The van der Waals surface area contributed by atoms with Crippen LogP contribution in [0.5, 0.6) is 0 Å². The Morgan fingerprint density at radius 3 is 2.84 bits per heavy atom. The fourth-order valence-electron chi connectivity index (χ4n) is 2.77. The summed E-state index contributed by atoms with van der Waals surface area (Å²) in [5.74, 6) is -0.752. The molecule has 0 saturated carbocycles. The fourth-order valence-corrected chi connectivity index (χ4v) is 2.77. The Kier molecular flexibility index (Phi) is 4.56. The molecule has 1 fully saturated rings. The molecule has 0 aliphatic carbocycles. The van der Waals surface area contributed by atoms with Crippen LogP contribution >= 0.6 is 0 Å². The highest BCUT2D eigenvalue weighted by molar-refractivity contribution is 5.47. The van der Waals surface area contributed by atoms with Gasteiger partial charge in [-0.05, 0) is 25.2 Å². The van der Waals surface area contributed by atoms with Crippen molar-refractivity contribution in [2.75, 3.05) is 23.7 Å². The van der Waals surface area contributed by atoms with E-state index < -0.39 is 11.6 Å². The molecule has 0 radical (unpaired) electrons. The number of rotatable bonds is 3. The van der Waals surface area contributed by atoms with Gasteiger partial charge < -0.3 is 10.6 Å². The molecule has 0 bridgehead atoms. The molecule has 1 aromatic heterocycles. The summed E-state index contributed by atoms with van der Waals surface area (Å²) in [5, 5.41) is 0. The van der Waals surface area contributed by atoms with Crippen LogP contribution in [-0.4, -0.2) is 18.1 Å². The number of aromatic nitrogens is 1. The van der Waals surface area contributed by atoms with Gasteiger partial charge in [-0.1, -0.05) is 19.8 Å². The third-order valence-electron chi connectivity index (χ3n) is 3.78. The van der Waals surface area contributed by atoms with Gasteiger partial charge in [0.25, 0.3) is 0 Å². The third kappa shape index (κ3) is 3.33. The van der Waals surface area contributed by atoms with Crippen molar-refractivity contribution >= 4 is 11.6 Å². The molecule has 3 nitrogen and oxygen atoms in total. The third-order valence-corrected chi connectivity index (χ3v) is 3.78. The van der Waals surface area contributed by atoms with Crippen LogP contribution in [0.4, 0.5) is 20.4 Å².